The van der Waals surface area contributed by atoms with Crippen LogP contribution in [0.1, 0.15) is 47.1 Å². The maximum absolute atomic E-state index is 13.1. The quantitative estimate of drug-likeness (QED) is 0.606. The van der Waals surface area contributed by atoms with Gasteiger partial charge in [0.25, 0.3) is 5.91 Å². The number of nitrogens with zero attached hydrogens (tertiary/aromatic N) is 2. The fourth-order valence-corrected chi connectivity index (χ4v) is 3.46. The van der Waals surface area contributed by atoms with Gasteiger partial charge in [0, 0.05) is 43.2 Å². The largest absolute Gasteiger partial charge is 0.350 e. The highest BCUT2D eigenvalue weighted by Crippen LogP contribution is 2.30. The number of unbranched alkanes of at least 4 members (excludes halogenated alkanes) is 1. The number of carbonyl (C=O) groups is 1. The number of amides is 1. The van der Waals surface area contributed by atoms with Gasteiger partial charge < -0.3 is 9.88 Å². The first kappa shape index (κ1) is 19.9. The van der Waals surface area contributed by atoms with Crippen molar-refractivity contribution in [2.45, 2.75) is 46.6 Å². The molecule has 4 nitrogen and oxygen atoms in total. The van der Waals surface area contributed by atoms with Gasteiger partial charge >= 0.3 is 0 Å². The molecule has 0 spiro atoms. The first-order valence-corrected chi connectivity index (χ1v) is 10.0. The summed E-state index contributed by atoms with van der Waals surface area (Å²) in [5.74, 6) is -0.0179. The topological polar surface area (TPSA) is 46.9 Å². The van der Waals surface area contributed by atoms with Crippen molar-refractivity contribution in [2.24, 2.45) is 0 Å². The molecular weight excluding hydrogens is 346 g/mol. The van der Waals surface area contributed by atoms with E-state index in [0.29, 0.717) is 6.54 Å². The van der Waals surface area contributed by atoms with Crippen LogP contribution in [0, 0.1) is 13.8 Å². The molecule has 0 radical (unpaired) electrons. The van der Waals surface area contributed by atoms with Gasteiger partial charge in [-0.1, -0.05) is 49.2 Å². The molecule has 3 aromatic rings. The molecule has 1 amide bonds. The standard InChI is InChI=1S/C24H29N3O/c1-4-5-16-27-17-19(3)22(20-11-9-18(2)10-12-20)23(27)24(28)26-15-13-21-8-6-7-14-25-21/h6-12,14,17H,4-5,13,15-16H2,1-3H3,(H,26,28). The van der Waals surface area contributed by atoms with E-state index < -0.39 is 0 Å². The average molecular weight is 376 g/mol. The van der Waals surface area contributed by atoms with Crippen molar-refractivity contribution in [3.63, 3.8) is 0 Å². The van der Waals surface area contributed by atoms with Crippen LogP contribution in [0.2, 0.25) is 0 Å². The number of aromatic nitrogens is 2. The van der Waals surface area contributed by atoms with E-state index in [-0.39, 0.29) is 5.91 Å². The Kier molecular flexibility index (Phi) is 6.64. The molecule has 3 rings (SSSR count). The van der Waals surface area contributed by atoms with Crippen LogP contribution < -0.4 is 5.32 Å². The van der Waals surface area contributed by atoms with Crippen molar-refractivity contribution in [3.8, 4) is 11.1 Å². The summed E-state index contributed by atoms with van der Waals surface area (Å²) in [5, 5.41) is 3.10. The number of pyridine rings is 1. The van der Waals surface area contributed by atoms with Crippen LogP contribution in [0.4, 0.5) is 0 Å². The Labute approximate surface area is 167 Å². The Bertz CT molecular complexity index is 911. The zero-order valence-corrected chi connectivity index (χ0v) is 17.0. The van der Waals surface area contributed by atoms with Crippen LogP contribution in [0.25, 0.3) is 11.1 Å². The van der Waals surface area contributed by atoms with E-state index in [1.165, 1.54) is 5.56 Å². The molecule has 1 N–H and O–H groups in total. The second kappa shape index (κ2) is 9.36. The molecule has 0 fully saturated rings. The van der Waals surface area contributed by atoms with E-state index >= 15 is 0 Å². The fourth-order valence-electron chi connectivity index (χ4n) is 3.46. The average Bonchev–Trinajstić information content (AvgIpc) is 3.04. The van der Waals surface area contributed by atoms with Crippen molar-refractivity contribution in [1.82, 2.24) is 14.9 Å². The van der Waals surface area contributed by atoms with Gasteiger partial charge in [-0.05, 0) is 43.5 Å². The molecular formula is C24H29N3O. The van der Waals surface area contributed by atoms with E-state index in [1.54, 1.807) is 6.20 Å². The Hall–Kier alpha value is -2.88. The summed E-state index contributed by atoms with van der Waals surface area (Å²) < 4.78 is 2.12. The molecule has 2 heterocycles. The van der Waals surface area contributed by atoms with Crippen LogP contribution in [-0.4, -0.2) is 22.0 Å². The number of rotatable bonds is 8. The highest BCUT2D eigenvalue weighted by atomic mass is 16.1. The van der Waals surface area contributed by atoms with E-state index in [4.69, 9.17) is 0 Å². The van der Waals surface area contributed by atoms with Gasteiger partial charge in [-0.25, -0.2) is 0 Å². The van der Waals surface area contributed by atoms with Gasteiger partial charge in [0.1, 0.15) is 5.69 Å². The van der Waals surface area contributed by atoms with Crippen LogP contribution in [0.3, 0.4) is 0 Å². The number of hydrogen-bond donors (Lipinski definition) is 1. The Morgan fingerprint density at radius 1 is 1.11 bits per heavy atom. The lowest BCUT2D eigenvalue weighted by Crippen LogP contribution is -2.28. The minimum atomic E-state index is -0.0179. The summed E-state index contributed by atoms with van der Waals surface area (Å²) in [7, 11) is 0. The van der Waals surface area contributed by atoms with E-state index in [1.807, 2.05) is 18.2 Å². The second-order valence-electron chi connectivity index (χ2n) is 7.28. The highest BCUT2D eigenvalue weighted by molar-refractivity contribution is 6.00. The molecule has 1 aromatic carbocycles. The van der Waals surface area contributed by atoms with Gasteiger partial charge in [0.05, 0.1) is 0 Å². The third-order valence-electron chi connectivity index (χ3n) is 4.97. The summed E-state index contributed by atoms with van der Waals surface area (Å²) in [4.78, 5) is 17.5. The smallest absolute Gasteiger partial charge is 0.268 e. The molecule has 0 aliphatic heterocycles. The van der Waals surface area contributed by atoms with Crippen molar-refractivity contribution in [2.75, 3.05) is 6.54 Å². The first-order chi connectivity index (χ1) is 13.6. The van der Waals surface area contributed by atoms with Crippen LogP contribution in [-0.2, 0) is 13.0 Å². The number of benzene rings is 1. The Morgan fingerprint density at radius 3 is 2.57 bits per heavy atom. The molecule has 0 atom stereocenters. The lowest BCUT2D eigenvalue weighted by molar-refractivity contribution is 0.0945. The van der Waals surface area contributed by atoms with Crippen molar-refractivity contribution < 1.29 is 4.79 Å². The summed E-state index contributed by atoms with van der Waals surface area (Å²) in [5.41, 5.74) is 6.22. The van der Waals surface area contributed by atoms with Gasteiger partial charge in [0.2, 0.25) is 0 Å². The van der Waals surface area contributed by atoms with Gasteiger partial charge in [-0.15, -0.1) is 0 Å². The Morgan fingerprint density at radius 2 is 1.89 bits per heavy atom. The lowest BCUT2D eigenvalue weighted by atomic mass is 10.0. The first-order valence-electron chi connectivity index (χ1n) is 10.0. The molecule has 4 heteroatoms. The molecule has 0 unspecified atom stereocenters. The molecule has 28 heavy (non-hydrogen) atoms. The molecule has 0 aliphatic carbocycles. The number of carbonyl (C=O) groups excluding carboxylic acids is 1. The molecule has 0 saturated carbocycles. The molecule has 146 valence electrons. The summed E-state index contributed by atoms with van der Waals surface area (Å²) in [6, 6.07) is 14.3. The number of nitrogens with one attached hydrogen (secondary N) is 1. The lowest BCUT2D eigenvalue weighted by Gasteiger charge is -2.12. The van der Waals surface area contributed by atoms with Crippen molar-refractivity contribution in [1.29, 1.82) is 0 Å². The van der Waals surface area contributed by atoms with Crippen LogP contribution in [0.5, 0.6) is 0 Å². The molecule has 2 aromatic heterocycles. The zero-order valence-electron chi connectivity index (χ0n) is 17.0. The predicted octanol–water partition coefficient (Wildman–Crippen LogP) is 4.94. The molecule has 0 bridgehead atoms. The maximum Gasteiger partial charge on any atom is 0.268 e. The summed E-state index contributed by atoms with van der Waals surface area (Å²) in [6.07, 6.45) is 6.76. The number of hydrogen-bond acceptors (Lipinski definition) is 2. The normalized spacial score (nSPS) is 10.8. The second-order valence-corrected chi connectivity index (χ2v) is 7.28. The van der Waals surface area contributed by atoms with Crippen molar-refractivity contribution in [3.05, 3.63) is 77.4 Å². The van der Waals surface area contributed by atoms with E-state index in [0.717, 1.165) is 53.9 Å². The van der Waals surface area contributed by atoms with Gasteiger partial charge in [-0.3, -0.25) is 9.78 Å². The Balaban J connectivity index is 1.85. The monoisotopic (exact) mass is 375 g/mol. The van der Waals surface area contributed by atoms with Gasteiger partial charge in [0.15, 0.2) is 0 Å². The summed E-state index contributed by atoms with van der Waals surface area (Å²) >= 11 is 0. The van der Waals surface area contributed by atoms with Crippen LogP contribution >= 0.6 is 0 Å². The zero-order chi connectivity index (χ0) is 19.9. The van der Waals surface area contributed by atoms with Gasteiger partial charge in [-0.2, -0.15) is 0 Å². The predicted molar refractivity (Wildman–Crippen MR) is 115 cm³/mol. The van der Waals surface area contributed by atoms with Crippen molar-refractivity contribution >= 4 is 5.91 Å². The molecule has 0 aliphatic rings. The fraction of sp³-hybridized carbons (Fsp3) is 0.333. The van der Waals surface area contributed by atoms with Crippen LogP contribution in [0.15, 0.2) is 54.9 Å². The maximum atomic E-state index is 13.1. The SMILES string of the molecule is CCCCn1cc(C)c(-c2ccc(C)cc2)c1C(=O)NCCc1ccccn1. The minimum absolute atomic E-state index is 0.0179. The van der Waals surface area contributed by atoms with E-state index in [2.05, 4.69) is 66.1 Å². The summed E-state index contributed by atoms with van der Waals surface area (Å²) in [6.45, 7) is 7.76. The van der Waals surface area contributed by atoms with E-state index in [9.17, 15) is 4.79 Å². The minimum Gasteiger partial charge on any atom is -0.350 e. The highest BCUT2D eigenvalue weighted by Gasteiger charge is 2.21. The number of aryl methyl sites for hydroxylation is 3. The third-order valence-corrected chi connectivity index (χ3v) is 4.97. The third kappa shape index (κ3) is 4.69. The molecule has 0 saturated heterocycles.